The van der Waals surface area contributed by atoms with Gasteiger partial charge in [0.15, 0.2) is 11.5 Å². The smallest absolute Gasteiger partial charge is 0.307 e. The molecular weight excluding hydrogens is 276 g/mol. The number of hydrogen-bond acceptors (Lipinski definition) is 6. The quantitative estimate of drug-likeness (QED) is 0.755. The Morgan fingerprint density at radius 3 is 2.48 bits per heavy atom. The van der Waals surface area contributed by atoms with Gasteiger partial charge in [0.1, 0.15) is 12.1 Å². The molecule has 116 valence electrons. The van der Waals surface area contributed by atoms with Gasteiger partial charge in [-0.1, -0.05) is 12.1 Å². The third-order valence-corrected chi connectivity index (χ3v) is 2.55. The van der Waals surface area contributed by atoms with Crippen molar-refractivity contribution in [2.24, 2.45) is 11.7 Å². The lowest BCUT2D eigenvalue weighted by atomic mass is 10.0. The molecule has 0 radical (unpaired) electrons. The second-order valence-corrected chi connectivity index (χ2v) is 5.82. The molecule has 8 nitrogen and oxygen atoms in total. The van der Waals surface area contributed by atoms with Crippen LogP contribution in [0.4, 0.5) is 0 Å². The van der Waals surface area contributed by atoms with Crippen LogP contribution >= 0.6 is 0 Å². The number of aromatic nitrogens is 3. The van der Waals surface area contributed by atoms with Crippen molar-refractivity contribution in [3.05, 3.63) is 11.9 Å². The van der Waals surface area contributed by atoms with E-state index in [2.05, 4.69) is 10.3 Å². The van der Waals surface area contributed by atoms with Gasteiger partial charge in [-0.25, -0.2) is 4.68 Å². The van der Waals surface area contributed by atoms with Crippen molar-refractivity contribution in [2.75, 3.05) is 0 Å². The SMILES string of the molecule is C[C@H](CC(=O)OC(C)(C)C)C(=O)Cn1cc(C(N)=O)nn1. The zero-order chi connectivity index (χ0) is 16.2. The number of carbonyl (C=O) groups is 3. The highest BCUT2D eigenvalue weighted by atomic mass is 16.6. The van der Waals surface area contributed by atoms with Crippen LogP contribution in [0, 0.1) is 5.92 Å². The minimum atomic E-state index is -0.712. The lowest BCUT2D eigenvalue weighted by molar-refractivity contribution is -0.157. The van der Waals surface area contributed by atoms with E-state index in [0.717, 1.165) is 0 Å². The Morgan fingerprint density at radius 2 is 2.00 bits per heavy atom. The van der Waals surface area contributed by atoms with E-state index < -0.39 is 23.4 Å². The third-order valence-electron chi connectivity index (χ3n) is 2.55. The van der Waals surface area contributed by atoms with Gasteiger partial charge in [0.2, 0.25) is 0 Å². The Hall–Kier alpha value is -2.25. The Labute approximate surface area is 122 Å². The third kappa shape index (κ3) is 5.72. The topological polar surface area (TPSA) is 117 Å². The van der Waals surface area contributed by atoms with E-state index in [9.17, 15) is 14.4 Å². The molecule has 1 amide bonds. The number of Topliss-reactive ketones (excluding diaryl/α,β-unsaturated/α-hetero) is 1. The van der Waals surface area contributed by atoms with Crippen molar-refractivity contribution < 1.29 is 19.1 Å². The molecule has 2 N–H and O–H groups in total. The normalized spacial score (nSPS) is 12.8. The Balaban J connectivity index is 2.54. The van der Waals surface area contributed by atoms with Crippen LogP contribution in [0.5, 0.6) is 0 Å². The molecule has 0 aromatic carbocycles. The van der Waals surface area contributed by atoms with Crippen molar-refractivity contribution in [1.82, 2.24) is 15.0 Å². The van der Waals surface area contributed by atoms with Crippen LogP contribution in [-0.2, 0) is 20.9 Å². The predicted molar refractivity (Wildman–Crippen MR) is 73.2 cm³/mol. The molecule has 1 rings (SSSR count). The maximum absolute atomic E-state index is 12.0. The molecule has 0 unspecified atom stereocenters. The number of rotatable bonds is 6. The zero-order valence-corrected chi connectivity index (χ0v) is 12.6. The number of nitrogens with zero attached hydrogens (tertiary/aromatic N) is 3. The highest BCUT2D eigenvalue weighted by Gasteiger charge is 2.22. The van der Waals surface area contributed by atoms with Crippen LogP contribution in [0.2, 0.25) is 0 Å². The molecule has 0 bridgehead atoms. The Bertz CT molecular complexity index is 545. The minimum absolute atomic E-state index is 0.00647. The van der Waals surface area contributed by atoms with Gasteiger partial charge in [-0.3, -0.25) is 14.4 Å². The van der Waals surface area contributed by atoms with E-state index in [-0.39, 0.29) is 24.4 Å². The highest BCUT2D eigenvalue weighted by Crippen LogP contribution is 2.13. The van der Waals surface area contributed by atoms with Crippen molar-refractivity contribution in [3.8, 4) is 0 Å². The number of amides is 1. The molecule has 0 fully saturated rings. The molecule has 0 aliphatic carbocycles. The number of nitrogens with two attached hydrogens (primary N) is 1. The summed E-state index contributed by atoms with van der Waals surface area (Å²) in [6, 6.07) is 0. The lowest BCUT2D eigenvalue weighted by Crippen LogP contribution is -2.27. The van der Waals surface area contributed by atoms with Gasteiger partial charge in [-0.15, -0.1) is 5.10 Å². The average Bonchev–Trinajstić information content (AvgIpc) is 2.74. The van der Waals surface area contributed by atoms with Crippen LogP contribution in [-0.4, -0.2) is 38.3 Å². The number of ether oxygens (including phenoxy) is 1. The number of carbonyl (C=O) groups excluding carboxylic acids is 3. The average molecular weight is 296 g/mol. The van der Waals surface area contributed by atoms with E-state index in [1.807, 2.05) is 0 Å². The molecule has 0 aliphatic heterocycles. The standard InChI is InChI=1S/C13H20N4O4/c1-8(5-11(19)21-13(2,3)4)10(18)7-17-6-9(12(14)20)15-16-17/h6,8H,5,7H2,1-4H3,(H2,14,20)/t8-/m1/s1. The first kappa shape index (κ1) is 16.8. The summed E-state index contributed by atoms with van der Waals surface area (Å²) in [4.78, 5) is 34.5. The van der Waals surface area contributed by atoms with E-state index in [0.29, 0.717) is 0 Å². The molecule has 0 saturated carbocycles. The van der Waals surface area contributed by atoms with Crippen LogP contribution in [0.3, 0.4) is 0 Å². The van der Waals surface area contributed by atoms with Crippen LogP contribution < -0.4 is 5.73 Å². The summed E-state index contributed by atoms with van der Waals surface area (Å²) in [5.41, 5.74) is 4.45. The fraction of sp³-hybridized carbons (Fsp3) is 0.615. The Morgan fingerprint density at radius 1 is 1.38 bits per heavy atom. The van der Waals surface area contributed by atoms with Gasteiger partial charge in [0.05, 0.1) is 12.6 Å². The van der Waals surface area contributed by atoms with E-state index in [1.165, 1.54) is 10.9 Å². The van der Waals surface area contributed by atoms with Gasteiger partial charge in [0, 0.05) is 5.92 Å². The highest BCUT2D eigenvalue weighted by molar-refractivity contribution is 5.90. The van der Waals surface area contributed by atoms with Gasteiger partial charge in [-0.2, -0.15) is 0 Å². The predicted octanol–water partition coefficient (Wildman–Crippen LogP) is 0.314. The van der Waals surface area contributed by atoms with Crippen LogP contribution in [0.25, 0.3) is 0 Å². The fourth-order valence-electron chi connectivity index (χ4n) is 1.55. The van der Waals surface area contributed by atoms with Crippen molar-refractivity contribution in [2.45, 2.75) is 46.3 Å². The molecule has 1 aromatic rings. The first-order valence-electron chi connectivity index (χ1n) is 6.53. The summed E-state index contributed by atoms with van der Waals surface area (Å²) >= 11 is 0. The van der Waals surface area contributed by atoms with E-state index in [1.54, 1.807) is 27.7 Å². The summed E-state index contributed by atoms with van der Waals surface area (Å²) in [7, 11) is 0. The molecule has 8 heteroatoms. The summed E-state index contributed by atoms with van der Waals surface area (Å²) in [5, 5.41) is 7.16. The second-order valence-electron chi connectivity index (χ2n) is 5.82. The van der Waals surface area contributed by atoms with E-state index >= 15 is 0 Å². The maximum atomic E-state index is 12.0. The van der Waals surface area contributed by atoms with Gasteiger partial charge >= 0.3 is 5.97 Å². The molecule has 0 aliphatic rings. The zero-order valence-electron chi connectivity index (χ0n) is 12.6. The monoisotopic (exact) mass is 296 g/mol. The molecule has 1 atom stereocenters. The number of ketones is 1. The minimum Gasteiger partial charge on any atom is -0.460 e. The van der Waals surface area contributed by atoms with Crippen LogP contribution in [0.1, 0.15) is 44.6 Å². The second kappa shape index (κ2) is 6.47. The van der Waals surface area contributed by atoms with Crippen molar-refractivity contribution >= 4 is 17.7 Å². The number of hydrogen-bond donors (Lipinski definition) is 1. The summed E-state index contributed by atoms with van der Waals surface area (Å²) in [5.74, 6) is -1.86. The van der Waals surface area contributed by atoms with E-state index in [4.69, 9.17) is 10.5 Å². The number of esters is 1. The fourth-order valence-corrected chi connectivity index (χ4v) is 1.55. The Kier molecular flexibility index (Phi) is 5.17. The first-order valence-corrected chi connectivity index (χ1v) is 6.53. The molecule has 0 saturated heterocycles. The maximum Gasteiger partial charge on any atom is 0.307 e. The first-order chi connectivity index (χ1) is 9.58. The molecule has 21 heavy (non-hydrogen) atoms. The lowest BCUT2D eigenvalue weighted by Gasteiger charge is -2.20. The summed E-state index contributed by atoms with van der Waals surface area (Å²) in [6.45, 7) is 6.84. The van der Waals surface area contributed by atoms with Gasteiger partial charge < -0.3 is 10.5 Å². The molecular formula is C13H20N4O4. The van der Waals surface area contributed by atoms with Crippen molar-refractivity contribution in [3.63, 3.8) is 0 Å². The summed E-state index contributed by atoms with van der Waals surface area (Å²) < 4.78 is 6.37. The van der Waals surface area contributed by atoms with Gasteiger partial charge in [0.25, 0.3) is 5.91 Å². The number of primary amides is 1. The van der Waals surface area contributed by atoms with Crippen LogP contribution in [0.15, 0.2) is 6.20 Å². The van der Waals surface area contributed by atoms with Crippen molar-refractivity contribution in [1.29, 1.82) is 0 Å². The summed E-state index contributed by atoms with van der Waals surface area (Å²) in [6.07, 6.45) is 1.29. The van der Waals surface area contributed by atoms with Gasteiger partial charge in [-0.05, 0) is 20.8 Å². The molecule has 0 spiro atoms. The molecule has 1 aromatic heterocycles. The molecule has 1 heterocycles. The largest absolute Gasteiger partial charge is 0.460 e.